The fraction of sp³-hybridized carbons (Fsp3) is 0.105. The number of nitrogens with zero attached hydrogens (tertiary/aromatic N) is 1. The average molecular weight is 434 g/mol. The molecule has 2 N–H and O–H groups in total. The van der Waals surface area contributed by atoms with Crippen molar-refractivity contribution in [1.82, 2.24) is 15.8 Å². The van der Waals surface area contributed by atoms with Crippen LogP contribution in [-0.4, -0.2) is 29.2 Å². The van der Waals surface area contributed by atoms with Crippen LogP contribution in [0.1, 0.15) is 0 Å². The minimum atomic E-state index is -0.464. The molecule has 9 heteroatoms. The average Bonchev–Trinajstić information content (AvgIpc) is 3.20. The number of benzene rings is 2. The van der Waals surface area contributed by atoms with E-state index in [4.69, 9.17) is 16.3 Å². The molecule has 2 aromatic carbocycles. The van der Waals surface area contributed by atoms with E-state index in [0.717, 1.165) is 15.6 Å². The highest BCUT2D eigenvalue weighted by Crippen LogP contribution is 2.27. The summed E-state index contributed by atoms with van der Waals surface area (Å²) in [7, 11) is 0. The van der Waals surface area contributed by atoms with Crippen LogP contribution in [0.3, 0.4) is 0 Å². The molecule has 0 radical (unpaired) electrons. The van der Waals surface area contributed by atoms with Gasteiger partial charge in [0.05, 0.1) is 11.4 Å². The van der Waals surface area contributed by atoms with E-state index in [1.165, 1.54) is 23.1 Å². The standard InChI is InChI=1S/C19H16ClN3O3S2/c20-14-6-8-15(9-7-14)26-10-17(24)22-23-18(25)12-28-19-21-16(11-27-19)13-4-2-1-3-5-13/h1-9,11H,10,12H2,(H,22,24)(H,23,25). The lowest BCUT2D eigenvalue weighted by atomic mass is 10.2. The van der Waals surface area contributed by atoms with Crippen LogP contribution in [-0.2, 0) is 9.59 Å². The number of thiazole rings is 1. The second-order valence-corrected chi connectivity index (χ2v) is 8.01. The lowest BCUT2D eigenvalue weighted by Gasteiger charge is -2.08. The van der Waals surface area contributed by atoms with Crippen molar-refractivity contribution in [1.29, 1.82) is 0 Å². The second-order valence-electron chi connectivity index (χ2n) is 5.49. The number of halogens is 1. The fourth-order valence-corrected chi connectivity index (χ4v) is 3.84. The van der Waals surface area contributed by atoms with E-state index >= 15 is 0 Å². The topological polar surface area (TPSA) is 80.3 Å². The first-order chi connectivity index (χ1) is 13.6. The monoisotopic (exact) mass is 433 g/mol. The van der Waals surface area contributed by atoms with Crippen LogP contribution in [0, 0.1) is 0 Å². The number of nitrogens with one attached hydrogen (secondary N) is 2. The van der Waals surface area contributed by atoms with Gasteiger partial charge in [0.2, 0.25) is 5.91 Å². The summed E-state index contributed by atoms with van der Waals surface area (Å²) >= 11 is 8.56. The molecule has 3 rings (SSSR count). The molecule has 0 aliphatic heterocycles. The zero-order chi connectivity index (χ0) is 19.8. The van der Waals surface area contributed by atoms with Crippen molar-refractivity contribution >= 4 is 46.5 Å². The van der Waals surface area contributed by atoms with Gasteiger partial charge in [-0.3, -0.25) is 20.4 Å². The van der Waals surface area contributed by atoms with Crippen molar-refractivity contribution in [3.8, 4) is 17.0 Å². The molecule has 144 valence electrons. The molecule has 0 fully saturated rings. The first kappa shape index (κ1) is 20.2. The molecular formula is C19H16ClN3O3S2. The molecule has 28 heavy (non-hydrogen) atoms. The van der Waals surface area contributed by atoms with Crippen molar-refractivity contribution in [2.24, 2.45) is 0 Å². The summed E-state index contributed by atoms with van der Waals surface area (Å²) in [6.07, 6.45) is 0. The first-order valence-electron chi connectivity index (χ1n) is 8.20. The number of amides is 2. The van der Waals surface area contributed by atoms with Crippen LogP contribution in [0.25, 0.3) is 11.3 Å². The summed E-state index contributed by atoms with van der Waals surface area (Å²) in [4.78, 5) is 28.1. The Bertz CT molecular complexity index is 933. The predicted molar refractivity (Wildman–Crippen MR) is 112 cm³/mol. The Morgan fingerprint density at radius 1 is 1.04 bits per heavy atom. The van der Waals surface area contributed by atoms with Gasteiger partial charge in [0.1, 0.15) is 5.75 Å². The summed E-state index contributed by atoms with van der Waals surface area (Å²) in [5.74, 6) is -0.144. The Kier molecular flexibility index (Phi) is 7.30. The zero-order valence-electron chi connectivity index (χ0n) is 14.6. The van der Waals surface area contributed by atoms with E-state index in [0.29, 0.717) is 10.8 Å². The maximum Gasteiger partial charge on any atom is 0.276 e. The van der Waals surface area contributed by atoms with Crippen LogP contribution in [0.4, 0.5) is 0 Å². The highest BCUT2D eigenvalue weighted by atomic mass is 35.5. The normalized spacial score (nSPS) is 10.3. The number of rotatable bonds is 7. The summed E-state index contributed by atoms with van der Waals surface area (Å²) < 4.78 is 6.08. The number of carbonyl (C=O) groups is 2. The summed E-state index contributed by atoms with van der Waals surface area (Å²) in [5.41, 5.74) is 6.57. The summed E-state index contributed by atoms with van der Waals surface area (Å²) in [5, 5.41) is 2.53. The van der Waals surface area contributed by atoms with E-state index in [1.54, 1.807) is 24.3 Å². The number of hydrazine groups is 1. The van der Waals surface area contributed by atoms with E-state index in [2.05, 4.69) is 15.8 Å². The molecule has 2 amide bonds. The molecule has 1 aromatic heterocycles. The number of hydrogen-bond donors (Lipinski definition) is 2. The van der Waals surface area contributed by atoms with Crippen molar-refractivity contribution < 1.29 is 14.3 Å². The Hall–Kier alpha value is -2.55. The molecule has 0 aliphatic carbocycles. The lowest BCUT2D eigenvalue weighted by Crippen LogP contribution is -2.44. The zero-order valence-corrected chi connectivity index (χ0v) is 16.9. The van der Waals surface area contributed by atoms with E-state index < -0.39 is 5.91 Å². The van der Waals surface area contributed by atoms with Gasteiger partial charge in [-0.15, -0.1) is 11.3 Å². The van der Waals surface area contributed by atoms with Gasteiger partial charge in [-0.1, -0.05) is 53.7 Å². The van der Waals surface area contributed by atoms with Crippen molar-refractivity contribution in [3.63, 3.8) is 0 Å². The molecular weight excluding hydrogens is 418 g/mol. The van der Waals surface area contributed by atoms with Crippen LogP contribution in [0.5, 0.6) is 5.75 Å². The minimum absolute atomic E-state index is 0.139. The van der Waals surface area contributed by atoms with E-state index in [9.17, 15) is 9.59 Å². The summed E-state index contributed by atoms with van der Waals surface area (Å²) in [6.45, 7) is -0.220. The number of ether oxygens (including phenoxy) is 1. The van der Waals surface area contributed by atoms with Crippen LogP contribution < -0.4 is 15.6 Å². The maximum atomic E-state index is 11.9. The van der Waals surface area contributed by atoms with Gasteiger partial charge in [-0.25, -0.2) is 4.98 Å². The molecule has 0 saturated carbocycles. The number of hydrogen-bond acceptors (Lipinski definition) is 6. The first-order valence-corrected chi connectivity index (χ1v) is 10.4. The van der Waals surface area contributed by atoms with Crippen LogP contribution in [0.2, 0.25) is 5.02 Å². The molecule has 0 saturated heterocycles. The van der Waals surface area contributed by atoms with Gasteiger partial charge >= 0.3 is 0 Å². The van der Waals surface area contributed by atoms with Crippen molar-refractivity contribution in [2.75, 3.05) is 12.4 Å². The number of carbonyl (C=O) groups excluding carboxylic acids is 2. The molecule has 0 spiro atoms. The third-order valence-corrected chi connectivity index (χ3v) is 5.68. The summed E-state index contributed by atoms with van der Waals surface area (Å²) in [6, 6.07) is 16.5. The van der Waals surface area contributed by atoms with Crippen molar-refractivity contribution in [2.45, 2.75) is 4.34 Å². The Morgan fingerprint density at radius 2 is 1.75 bits per heavy atom. The van der Waals surface area contributed by atoms with Crippen LogP contribution >= 0.6 is 34.7 Å². The van der Waals surface area contributed by atoms with Gasteiger partial charge in [0.15, 0.2) is 10.9 Å². The maximum absolute atomic E-state index is 11.9. The largest absolute Gasteiger partial charge is 0.484 e. The number of aromatic nitrogens is 1. The van der Waals surface area contributed by atoms with Gasteiger partial charge in [-0.2, -0.15) is 0 Å². The molecule has 0 bridgehead atoms. The molecule has 6 nitrogen and oxygen atoms in total. The third-order valence-electron chi connectivity index (χ3n) is 3.40. The van der Waals surface area contributed by atoms with Gasteiger partial charge < -0.3 is 4.74 Å². The van der Waals surface area contributed by atoms with E-state index in [-0.39, 0.29) is 18.3 Å². The quantitative estimate of drug-likeness (QED) is 0.437. The molecule has 3 aromatic rings. The van der Waals surface area contributed by atoms with Crippen molar-refractivity contribution in [3.05, 3.63) is 65.0 Å². The van der Waals surface area contributed by atoms with E-state index in [1.807, 2.05) is 35.7 Å². The highest BCUT2D eigenvalue weighted by molar-refractivity contribution is 8.01. The third kappa shape index (κ3) is 6.26. The Balaban J connectivity index is 1.37. The Morgan fingerprint density at radius 3 is 2.50 bits per heavy atom. The van der Waals surface area contributed by atoms with Gasteiger partial charge in [0.25, 0.3) is 5.91 Å². The molecule has 1 heterocycles. The molecule has 0 unspecified atom stereocenters. The van der Waals surface area contributed by atoms with Gasteiger partial charge in [0, 0.05) is 16.0 Å². The SMILES string of the molecule is O=C(COc1ccc(Cl)cc1)NNC(=O)CSc1nc(-c2ccccc2)cs1. The minimum Gasteiger partial charge on any atom is -0.484 e. The van der Waals surface area contributed by atoms with Gasteiger partial charge in [-0.05, 0) is 24.3 Å². The molecule has 0 atom stereocenters. The molecule has 0 aliphatic rings. The predicted octanol–water partition coefficient (Wildman–Crippen LogP) is 3.78. The fourth-order valence-electron chi connectivity index (χ4n) is 2.08. The highest BCUT2D eigenvalue weighted by Gasteiger charge is 2.09. The second kappa shape index (κ2) is 10.1. The number of thioether (sulfide) groups is 1. The Labute approximate surface area is 175 Å². The van der Waals surface area contributed by atoms with Crippen LogP contribution in [0.15, 0.2) is 64.3 Å². The lowest BCUT2D eigenvalue weighted by molar-refractivity contribution is -0.128. The smallest absolute Gasteiger partial charge is 0.276 e.